The van der Waals surface area contributed by atoms with E-state index in [1.54, 1.807) is 4.90 Å². The molecule has 0 amide bonds. The van der Waals surface area contributed by atoms with Crippen molar-refractivity contribution >= 4 is 28.0 Å². The molecule has 0 atom stereocenters. The van der Waals surface area contributed by atoms with Crippen molar-refractivity contribution in [2.75, 3.05) is 31.2 Å². The molecule has 8 nitrogen and oxygen atoms in total. The number of hydrogen-bond donors (Lipinski definition) is 2. The molecule has 2 N–H and O–H groups in total. The summed E-state index contributed by atoms with van der Waals surface area (Å²) in [5.41, 5.74) is 4.64. The quantitative estimate of drug-likeness (QED) is 0.698. The maximum atomic E-state index is 9.37. The molecule has 0 aromatic carbocycles. The van der Waals surface area contributed by atoms with Gasteiger partial charge in [0.05, 0.1) is 30.8 Å². The smallest absolute Gasteiger partial charge is 0.229 e. The van der Waals surface area contributed by atoms with Gasteiger partial charge >= 0.3 is 0 Å². The summed E-state index contributed by atoms with van der Waals surface area (Å²) < 4.78 is 12.1. The van der Waals surface area contributed by atoms with Gasteiger partial charge in [-0.15, -0.1) is 0 Å². The predicted octanol–water partition coefficient (Wildman–Crippen LogP) is 1.72. The van der Waals surface area contributed by atoms with E-state index in [2.05, 4.69) is 28.8 Å². The van der Waals surface area contributed by atoms with Crippen LogP contribution < -0.4 is 4.90 Å². The van der Waals surface area contributed by atoms with Gasteiger partial charge in [-0.1, -0.05) is 0 Å². The molecule has 0 saturated carbocycles. The number of pyridine rings is 1. The zero-order chi connectivity index (χ0) is 19.2. The normalized spacial score (nSPS) is 16.0. The Balaban J connectivity index is 1.98. The van der Waals surface area contributed by atoms with E-state index in [9.17, 15) is 10.2 Å². The highest BCUT2D eigenvalue weighted by molar-refractivity contribution is 6.06. The molecule has 1 aliphatic heterocycles. The summed E-state index contributed by atoms with van der Waals surface area (Å²) in [5.74, 6) is 0.554. The molecule has 4 rings (SSSR count). The number of furan rings is 1. The monoisotopic (exact) mass is 372 g/mol. The Bertz CT molecular complexity index is 992. The molecule has 0 unspecified atom stereocenters. The van der Waals surface area contributed by atoms with Crippen LogP contribution in [0.2, 0.25) is 0 Å². The van der Waals surface area contributed by atoms with Crippen molar-refractivity contribution < 1.29 is 19.4 Å². The Hall–Kier alpha value is -2.29. The number of nitrogens with zero attached hydrogens (tertiary/aromatic N) is 4. The van der Waals surface area contributed by atoms with E-state index in [0.717, 1.165) is 28.6 Å². The number of aliphatic hydroxyl groups excluding tert-OH is 2. The molecular weight excluding hydrogens is 348 g/mol. The maximum absolute atomic E-state index is 9.37. The average molecular weight is 372 g/mol. The van der Waals surface area contributed by atoms with Crippen molar-refractivity contribution in [3.05, 3.63) is 23.1 Å². The fourth-order valence-electron chi connectivity index (χ4n) is 3.75. The molecule has 1 aliphatic rings. The van der Waals surface area contributed by atoms with Crippen molar-refractivity contribution in [1.29, 1.82) is 0 Å². The van der Waals surface area contributed by atoms with E-state index in [4.69, 9.17) is 9.15 Å². The number of aromatic nitrogens is 3. The van der Waals surface area contributed by atoms with Crippen molar-refractivity contribution in [2.45, 2.75) is 39.4 Å². The van der Waals surface area contributed by atoms with Crippen LogP contribution in [-0.4, -0.2) is 57.1 Å². The molecule has 0 saturated heterocycles. The minimum Gasteiger partial charge on any atom is -0.432 e. The summed E-state index contributed by atoms with van der Waals surface area (Å²) in [6, 6.07) is 0. The van der Waals surface area contributed by atoms with Crippen LogP contribution in [-0.2, 0) is 17.8 Å². The van der Waals surface area contributed by atoms with Gasteiger partial charge in [0.15, 0.2) is 11.4 Å². The Morgan fingerprint density at radius 2 is 1.89 bits per heavy atom. The van der Waals surface area contributed by atoms with Crippen molar-refractivity contribution in [3.63, 3.8) is 0 Å². The molecule has 0 bridgehead atoms. The topological polar surface area (TPSA) is 105 Å². The number of ether oxygens (including phenoxy) is 1. The molecule has 27 heavy (non-hydrogen) atoms. The van der Waals surface area contributed by atoms with Crippen LogP contribution in [0, 0.1) is 6.92 Å². The minimum absolute atomic E-state index is 0.0516. The highest BCUT2D eigenvalue weighted by atomic mass is 16.5. The highest BCUT2D eigenvalue weighted by Gasteiger charge is 2.31. The third-order valence-corrected chi connectivity index (χ3v) is 5.06. The summed E-state index contributed by atoms with van der Waals surface area (Å²) in [5, 5.41) is 19.6. The van der Waals surface area contributed by atoms with Crippen LogP contribution in [0.4, 0.5) is 5.82 Å². The number of aliphatic hydroxyl groups is 2. The Labute approximate surface area is 156 Å². The largest absolute Gasteiger partial charge is 0.432 e. The van der Waals surface area contributed by atoms with Crippen LogP contribution in [0.3, 0.4) is 0 Å². The fourth-order valence-corrected chi connectivity index (χ4v) is 3.75. The van der Waals surface area contributed by atoms with Crippen molar-refractivity contribution in [3.8, 4) is 0 Å². The van der Waals surface area contributed by atoms with E-state index in [1.807, 2.05) is 6.92 Å². The van der Waals surface area contributed by atoms with Gasteiger partial charge in [-0.3, -0.25) is 0 Å². The van der Waals surface area contributed by atoms with Gasteiger partial charge in [-0.25, -0.2) is 15.0 Å². The van der Waals surface area contributed by atoms with Gasteiger partial charge in [-0.05, 0) is 26.3 Å². The zero-order valence-electron chi connectivity index (χ0n) is 15.8. The molecule has 0 fully saturated rings. The third-order valence-electron chi connectivity index (χ3n) is 5.06. The van der Waals surface area contributed by atoms with E-state index >= 15 is 0 Å². The predicted molar refractivity (Wildman–Crippen MR) is 101 cm³/mol. The Kier molecular flexibility index (Phi) is 4.49. The molecule has 3 aromatic rings. The summed E-state index contributed by atoms with van der Waals surface area (Å²) >= 11 is 0. The summed E-state index contributed by atoms with van der Waals surface area (Å²) in [6.07, 6.45) is 2.23. The lowest BCUT2D eigenvalue weighted by Crippen LogP contribution is -2.32. The molecule has 0 radical (unpaired) electrons. The minimum atomic E-state index is -0.271. The van der Waals surface area contributed by atoms with Crippen LogP contribution in [0.5, 0.6) is 0 Å². The van der Waals surface area contributed by atoms with Crippen LogP contribution in [0.15, 0.2) is 10.7 Å². The maximum Gasteiger partial charge on any atom is 0.229 e. The van der Waals surface area contributed by atoms with Gasteiger partial charge in [0.1, 0.15) is 11.8 Å². The molecule has 8 heteroatoms. The fraction of sp³-hybridized carbons (Fsp3) is 0.526. The van der Waals surface area contributed by atoms with Gasteiger partial charge in [0, 0.05) is 30.8 Å². The molecule has 3 aromatic heterocycles. The van der Waals surface area contributed by atoms with Crippen LogP contribution >= 0.6 is 0 Å². The Morgan fingerprint density at radius 1 is 1.15 bits per heavy atom. The van der Waals surface area contributed by atoms with E-state index in [1.165, 1.54) is 6.33 Å². The summed E-state index contributed by atoms with van der Waals surface area (Å²) in [4.78, 5) is 15.3. The highest BCUT2D eigenvalue weighted by Crippen LogP contribution is 2.39. The SMILES string of the molecule is Cc1nc2oc3c(N(CCO)CCO)ncnc3c2c2c1COC(C)(C)C2. The second-order valence-corrected chi connectivity index (χ2v) is 7.47. The van der Waals surface area contributed by atoms with Crippen molar-refractivity contribution in [1.82, 2.24) is 15.0 Å². The van der Waals surface area contributed by atoms with Gasteiger partial charge in [0.25, 0.3) is 0 Å². The zero-order valence-corrected chi connectivity index (χ0v) is 15.8. The first-order valence-electron chi connectivity index (χ1n) is 9.11. The standard InChI is InChI=1S/C19H24N4O4/c1-11-13-9-26-19(2,3)8-12(13)14-15-16(27-18(14)22-11)17(21-10-20-15)23(4-6-24)5-7-25/h10,24-25H,4-9H2,1-3H3. The second-order valence-electron chi connectivity index (χ2n) is 7.47. The summed E-state index contributed by atoms with van der Waals surface area (Å²) in [6.45, 7) is 7.21. The molecule has 144 valence electrons. The molecular formula is C19H24N4O4. The number of aryl methyl sites for hydroxylation is 1. The first kappa shape index (κ1) is 18.1. The molecule has 4 heterocycles. The number of rotatable bonds is 5. The van der Waals surface area contributed by atoms with Gasteiger partial charge in [-0.2, -0.15) is 0 Å². The van der Waals surface area contributed by atoms with E-state index in [0.29, 0.717) is 42.3 Å². The molecule has 0 aliphatic carbocycles. The Morgan fingerprint density at radius 3 is 2.59 bits per heavy atom. The third kappa shape index (κ3) is 3.03. The van der Waals surface area contributed by atoms with Gasteiger partial charge in [0.2, 0.25) is 5.71 Å². The van der Waals surface area contributed by atoms with Crippen LogP contribution in [0.1, 0.15) is 30.7 Å². The first-order chi connectivity index (χ1) is 12.9. The first-order valence-corrected chi connectivity index (χ1v) is 9.11. The van der Waals surface area contributed by atoms with E-state index < -0.39 is 0 Å². The lowest BCUT2D eigenvalue weighted by atomic mass is 9.89. The second kappa shape index (κ2) is 6.70. The lowest BCUT2D eigenvalue weighted by Gasteiger charge is -2.32. The van der Waals surface area contributed by atoms with Crippen molar-refractivity contribution in [2.24, 2.45) is 0 Å². The van der Waals surface area contributed by atoms with Crippen LogP contribution in [0.25, 0.3) is 22.2 Å². The number of hydrogen-bond acceptors (Lipinski definition) is 8. The van der Waals surface area contributed by atoms with Gasteiger partial charge < -0.3 is 24.3 Å². The average Bonchev–Trinajstić information content (AvgIpc) is 2.99. The lowest BCUT2D eigenvalue weighted by molar-refractivity contribution is -0.0400. The summed E-state index contributed by atoms with van der Waals surface area (Å²) in [7, 11) is 0. The number of anilines is 1. The number of fused-ring (bicyclic) bond motifs is 5. The van der Waals surface area contributed by atoms with E-state index in [-0.39, 0.29) is 18.8 Å². The molecule has 0 spiro atoms.